The number of benzene rings is 3. The van der Waals surface area contributed by atoms with Crippen molar-refractivity contribution < 1.29 is 0 Å². The lowest BCUT2D eigenvalue weighted by molar-refractivity contribution is 0.242. The Hall–Kier alpha value is -4.00. The van der Waals surface area contributed by atoms with Gasteiger partial charge in [-0.15, -0.1) is 0 Å². The summed E-state index contributed by atoms with van der Waals surface area (Å²) in [6.07, 6.45) is 2.81. The molecule has 6 rings (SSSR count). The molecule has 178 valence electrons. The van der Waals surface area contributed by atoms with E-state index in [1.165, 1.54) is 0 Å². The Morgan fingerprint density at radius 2 is 1.61 bits per heavy atom. The van der Waals surface area contributed by atoms with Crippen LogP contribution in [0.2, 0.25) is 5.02 Å². The number of aromatic amines is 1. The summed E-state index contributed by atoms with van der Waals surface area (Å²) in [6, 6.07) is 27.7. The molecule has 36 heavy (non-hydrogen) atoms. The van der Waals surface area contributed by atoms with Crippen LogP contribution in [0.5, 0.6) is 0 Å². The highest BCUT2D eigenvalue weighted by Gasteiger charge is 2.23. The van der Waals surface area contributed by atoms with Gasteiger partial charge in [-0.1, -0.05) is 60.1 Å². The van der Waals surface area contributed by atoms with Crippen LogP contribution < -0.4 is 5.56 Å². The minimum atomic E-state index is -0.0853. The first-order chi connectivity index (χ1) is 17.6. The number of nitrogens with zero attached hydrogens (tertiary/aromatic N) is 4. The predicted octanol–water partition coefficient (Wildman–Crippen LogP) is 5.50. The van der Waals surface area contributed by atoms with Gasteiger partial charge in [0.2, 0.25) is 0 Å². The Labute approximate surface area is 213 Å². The van der Waals surface area contributed by atoms with E-state index in [4.69, 9.17) is 21.7 Å². The number of rotatable bonds is 5. The highest BCUT2D eigenvalue weighted by Crippen LogP contribution is 2.27. The van der Waals surface area contributed by atoms with Gasteiger partial charge in [0.15, 0.2) is 0 Å². The second kappa shape index (κ2) is 9.57. The van der Waals surface area contributed by atoms with Crippen molar-refractivity contribution in [2.75, 3.05) is 6.54 Å². The van der Waals surface area contributed by atoms with E-state index in [-0.39, 0.29) is 5.56 Å². The molecule has 7 heteroatoms. The van der Waals surface area contributed by atoms with E-state index in [2.05, 4.69) is 28.2 Å². The molecule has 0 spiro atoms. The van der Waals surface area contributed by atoms with E-state index >= 15 is 0 Å². The summed E-state index contributed by atoms with van der Waals surface area (Å²) in [5, 5.41) is 5.58. The summed E-state index contributed by atoms with van der Waals surface area (Å²) in [6.45, 7) is 2.05. The topological polar surface area (TPSA) is 66.8 Å². The van der Waals surface area contributed by atoms with E-state index < -0.39 is 0 Å². The number of nitrogens with one attached hydrogen (secondary N) is 1. The van der Waals surface area contributed by atoms with Crippen LogP contribution in [0.25, 0.3) is 28.3 Å². The van der Waals surface area contributed by atoms with Crippen molar-refractivity contribution >= 4 is 11.6 Å². The highest BCUT2D eigenvalue weighted by atomic mass is 35.5. The lowest BCUT2D eigenvalue weighted by atomic mass is 10.0. The zero-order chi connectivity index (χ0) is 24.5. The second-order valence-electron chi connectivity index (χ2n) is 8.96. The Morgan fingerprint density at radius 3 is 2.36 bits per heavy atom. The monoisotopic (exact) mass is 493 g/mol. The number of halogens is 1. The Bertz CT molecular complexity index is 1560. The summed E-state index contributed by atoms with van der Waals surface area (Å²) in [4.78, 5) is 23.1. The van der Waals surface area contributed by atoms with Crippen LogP contribution in [0.15, 0.2) is 95.9 Å². The van der Waals surface area contributed by atoms with Crippen molar-refractivity contribution in [2.45, 2.75) is 19.5 Å². The number of hydrogen-bond donors (Lipinski definition) is 1. The minimum Gasteiger partial charge on any atom is -0.306 e. The Morgan fingerprint density at radius 1 is 0.889 bits per heavy atom. The molecule has 3 heterocycles. The third kappa shape index (κ3) is 4.49. The van der Waals surface area contributed by atoms with Crippen molar-refractivity contribution in [2.24, 2.45) is 0 Å². The zero-order valence-corrected chi connectivity index (χ0v) is 20.3. The van der Waals surface area contributed by atoms with Gasteiger partial charge in [0, 0.05) is 54.0 Å². The van der Waals surface area contributed by atoms with E-state index in [0.29, 0.717) is 30.4 Å². The number of hydrogen-bond acceptors (Lipinski definition) is 4. The fourth-order valence-electron chi connectivity index (χ4n) is 4.68. The van der Waals surface area contributed by atoms with Gasteiger partial charge in [-0.25, -0.2) is 9.67 Å². The van der Waals surface area contributed by atoms with Crippen LogP contribution in [0.3, 0.4) is 0 Å². The maximum atomic E-state index is 13.0. The fraction of sp³-hybridized carbons (Fsp3) is 0.138. The van der Waals surface area contributed by atoms with Gasteiger partial charge in [-0.3, -0.25) is 9.69 Å². The average Bonchev–Trinajstić information content (AvgIpc) is 3.34. The molecule has 0 saturated heterocycles. The molecule has 0 saturated carbocycles. The number of fused-ring (bicyclic) bond motifs is 1. The van der Waals surface area contributed by atoms with Gasteiger partial charge in [0.1, 0.15) is 5.82 Å². The molecule has 0 atom stereocenters. The molecule has 0 fully saturated rings. The number of para-hydroxylation sites is 1. The maximum absolute atomic E-state index is 13.0. The molecular formula is C29H24ClN5O. The first kappa shape index (κ1) is 22.5. The van der Waals surface area contributed by atoms with Crippen molar-refractivity contribution in [1.82, 2.24) is 24.6 Å². The highest BCUT2D eigenvalue weighted by molar-refractivity contribution is 6.30. The van der Waals surface area contributed by atoms with Gasteiger partial charge in [-0.2, -0.15) is 5.10 Å². The lowest BCUT2D eigenvalue weighted by Gasteiger charge is -2.27. The zero-order valence-electron chi connectivity index (χ0n) is 19.6. The standard InChI is InChI=1S/C29H24ClN5O/c30-23-13-11-21(12-14-23)28-31-26-15-16-34(19-25(26)29(36)32-28)17-22-18-35(24-9-5-2-6-10-24)33-27(22)20-7-3-1-4-8-20/h1-14,18H,15-17,19H2,(H,31,32,36). The summed E-state index contributed by atoms with van der Waals surface area (Å²) in [5.41, 5.74) is 6.53. The summed E-state index contributed by atoms with van der Waals surface area (Å²) in [5.74, 6) is 0.583. The molecule has 5 aromatic rings. The molecule has 6 nitrogen and oxygen atoms in total. The fourth-order valence-corrected chi connectivity index (χ4v) is 4.80. The summed E-state index contributed by atoms with van der Waals surface area (Å²) < 4.78 is 1.93. The molecular weight excluding hydrogens is 470 g/mol. The Kier molecular flexibility index (Phi) is 5.97. The van der Waals surface area contributed by atoms with Gasteiger partial charge < -0.3 is 4.98 Å². The van der Waals surface area contributed by atoms with Crippen LogP contribution in [-0.2, 0) is 19.5 Å². The van der Waals surface area contributed by atoms with Crippen LogP contribution in [0.1, 0.15) is 16.8 Å². The summed E-state index contributed by atoms with van der Waals surface area (Å²) in [7, 11) is 0. The van der Waals surface area contributed by atoms with E-state index in [1.807, 2.05) is 65.3 Å². The normalized spacial score (nSPS) is 13.5. The number of H-pyrrole nitrogens is 1. The first-order valence-electron chi connectivity index (χ1n) is 11.9. The molecule has 3 aromatic carbocycles. The molecule has 2 aromatic heterocycles. The molecule has 0 bridgehead atoms. The third-order valence-corrected chi connectivity index (χ3v) is 6.77. The van der Waals surface area contributed by atoms with Crippen molar-refractivity contribution in [3.8, 4) is 28.3 Å². The van der Waals surface area contributed by atoms with Gasteiger partial charge in [0.05, 0.1) is 22.6 Å². The largest absolute Gasteiger partial charge is 0.306 e. The summed E-state index contributed by atoms with van der Waals surface area (Å²) >= 11 is 6.01. The maximum Gasteiger partial charge on any atom is 0.255 e. The van der Waals surface area contributed by atoms with E-state index in [9.17, 15) is 4.79 Å². The minimum absolute atomic E-state index is 0.0853. The van der Waals surface area contributed by atoms with Crippen LogP contribution in [-0.4, -0.2) is 31.2 Å². The van der Waals surface area contributed by atoms with Crippen LogP contribution >= 0.6 is 11.6 Å². The van der Waals surface area contributed by atoms with E-state index in [0.717, 1.165) is 45.9 Å². The predicted molar refractivity (Wildman–Crippen MR) is 142 cm³/mol. The van der Waals surface area contributed by atoms with Gasteiger partial charge in [-0.05, 0) is 36.4 Å². The molecule has 0 radical (unpaired) electrons. The Balaban J connectivity index is 1.30. The smallest absolute Gasteiger partial charge is 0.255 e. The van der Waals surface area contributed by atoms with Crippen molar-refractivity contribution in [3.63, 3.8) is 0 Å². The second-order valence-corrected chi connectivity index (χ2v) is 9.39. The molecule has 0 aliphatic carbocycles. The molecule has 1 N–H and O–H groups in total. The quantitative estimate of drug-likeness (QED) is 0.351. The third-order valence-electron chi connectivity index (χ3n) is 6.52. The average molecular weight is 494 g/mol. The van der Waals surface area contributed by atoms with E-state index in [1.54, 1.807) is 12.1 Å². The van der Waals surface area contributed by atoms with Crippen LogP contribution in [0.4, 0.5) is 0 Å². The first-order valence-corrected chi connectivity index (χ1v) is 12.3. The van der Waals surface area contributed by atoms with Crippen LogP contribution in [0, 0.1) is 0 Å². The molecule has 0 amide bonds. The van der Waals surface area contributed by atoms with Gasteiger partial charge >= 0.3 is 0 Å². The SMILES string of the molecule is O=c1[nH]c(-c2ccc(Cl)cc2)nc2c1CN(Cc1cn(-c3ccccc3)nc1-c1ccccc1)CC2. The van der Waals surface area contributed by atoms with Gasteiger partial charge in [0.25, 0.3) is 5.56 Å². The molecule has 1 aliphatic rings. The molecule has 0 unspecified atom stereocenters. The lowest BCUT2D eigenvalue weighted by Crippen LogP contribution is -2.35. The molecule has 1 aliphatic heterocycles. The van der Waals surface area contributed by atoms with Crippen molar-refractivity contribution in [1.29, 1.82) is 0 Å². The number of aromatic nitrogens is 4. The van der Waals surface area contributed by atoms with Crippen molar-refractivity contribution in [3.05, 3.63) is 123 Å².